The molecule has 4 rings (SSSR count). The molecule has 1 aliphatic rings. The van der Waals surface area contributed by atoms with E-state index in [0.717, 1.165) is 0 Å². The van der Waals surface area contributed by atoms with Crippen LogP contribution in [0.3, 0.4) is 0 Å². The van der Waals surface area contributed by atoms with Crippen LogP contribution in [0.25, 0.3) is 27.8 Å². The highest BCUT2D eigenvalue weighted by molar-refractivity contribution is 6.22. The van der Waals surface area contributed by atoms with E-state index in [1.165, 1.54) is 26.2 Å². The van der Waals surface area contributed by atoms with E-state index < -0.39 is 5.97 Å². The molecule has 0 unspecified atom stereocenters. The minimum atomic E-state index is -0.547. The summed E-state index contributed by atoms with van der Waals surface area (Å²) in [5.41, 5.74) is 1.00. The first-order valence-corrected chi connectivity index (χ1v) is 7.93. The zero-order valence-corrected chi connectivity index (χ0v) is 14.3. The largest absolute Gasteiger partial charge is 0.495 e. The molecule has 0 N–H and O–H groups in total. The summed E-state index contributed by atoms with van der Waals surface area (Å²) >= 11 is 0. The second-order valence-electron chi connectivity index (χ2n) is 6.06. The molecule has 0 bridgehead atoms. The molecule has 0 amide bonds. The van der Waals surface area contributed by atoms with E-state index in [0.29, 0.717) is 33.4 Å². The van der Waals surface area contributed by atoms with Crippen LogP contribution in [0.1, 0.15) is 28.6 Å². The molecule has 2 aromatic carbocycles. The van der Waals surface area contributed by atoms with E-state index in [1.807, 2.05) is 0 Å². The Labute approximate surface area is 147 Å². The lowest BCUT2D eigenvalue weighted by Gasteiger charge is -2.14. The number of aryl methyl sites for hydroxylation is 1. The van der Waals surface area contributed by atoms with Crippen molar-refractivity contribution in [2.24, 2.45) is 0 Å². The van der Waals surface area contributed by atoms with Crippen molar-refractivity contribution in [3.8, 4) is 11.5 Å². The van der Waals surface area contributed by atoms with Gasteiger partial charge in [-0.3, -0.25) is 14.4 Å². The number of rotatable bonds is 2. The molecule has 0 radical (unpaired) electrons. The van der Waals surface area contributed by atoms with E-state index in [2.05, 4.69) is 0 Å². The molecule has 0 aliphatic heterocycles. The van der Waals surface area contributed by atoms with Gasteiger partial charge in [0, 0.05) is 13.0 Å². The predicted octanol–water partition coefficient (Wildman–Crippen LogP) is 3.40. The molecule has 26 heavy (non-hydrogen) atoms. The van der Waals surface area contributed by atoms with Crippen LogP contribution >= 0.6 is 0 Å². The number of carbonyl (C=O) groups is 2. The summed E-state index contributed by atoms with van der Waals surface area (Å²) in [6.45, 7) is 2.91. The van der Waals surface area contributed by atoms with Gasteiger partial charge in [0.15, 0.2) is 16.8 Å². The number of hydrogen-bond donors (Lipinski definition) is 0. The van der Waals surface area contributed by atoms with Crippen LogP contribution in [0.2, 0.25) is 0 Å². The van der Waals surface area contributed by atoms with Crippen LogP contribution in [-0.2, 0) is 4.79 Å². The predicted molar refractivity (Wildman–Crippen MR) is 96.0 cm³/mol. The Hall–Kier alpha value is -3.41. The van der Waals surface area contributed by atoms with Crippen molar-refractivity contribution in [1.29, 1.82) is 0 Å². The quantitative estimate of drug-likeness (QED) is 0.400. The molecular formula is C20H14O6. The minimum absolute atomic E-state index is 0.115. The molecule has 0 spiro atoms. The van der Waals surface area contributed by atoms with Crippen molar-refractivity contribution < 1.29 is 23.5 Å². The highest BCUT2D eigenvalue weighted by Crippen LogP contribution is 2.42. The Kier molecular flexibility index (Phi) is 3.44. The van der Waals surface area contributed by atoms with Gasteiger partial charge >= 0.3 is 5.97 Å². The standard InChI is InChI=1S/C20H14O6/c1-9-6-14(23)18-15(26-10(2)21)8-12-7-11-4-5-13(22)16(11)19(24-3)17(12)20(18)25-9/h4-8H,1-3H3. The van der Waals surface area contributed by atoms with Gasteiger partial charge in [-0.1, -0.05) is 6.08 Å². The molecular weight excluding hydrogens is 336 g/mol. The van der Waals surface area contributed by atoms with Crippen molar-refractivity contribution in [2.45, 2.75) is 13.8 Å². The molecule has 0 saturated heterocycles. The normalized spacial score (nSPS) is 12.7. The van der Waals surface area contributed by atoms with Gasteiger partial charge in [-0.15, -0.1) is 0 Å². The third-order valence-corrected chi connectivity index (χ3v) is 4.29. The van der Waals surface area contributed by atoms with Crippen molar-refractivity contribution in [1.82, 2.24) is 0 Å². The number of hydrogen-bond acceptors (Lipinski definition) is 6. The molecule has 1 aromatic heterocycles. The molecule has 1 aliphatic carbocycles. The van der Waals surface area contributed by atoms with E-state index in [9.17, 15) is 14.4 Å². The fourth-order valence-corrected chi connectivity index (χ4v) is 3.35. The monoisotopic (exact) mass is 350 g/mol. The SMILES string of the molecule is COc1c2c(cc3cc(OC(C)=O)c4c(=O)cc(C)oc4c13)C=CC2=O. The zero-order valence-electron chi connectivity index (χ0n) is 14.3. The lowest BCUT2D eigenvalue weighted by molar-refractivity contribution is -0.131. The summed E-state index contributed by atoms with van der Waals surface area (Å²) in [5.74, 6) is 0.125. The maximum absolute atomic E-state index is 12.6. The van der Waals surface area contributed by atoms with Crippen LogP contribution in [-0.4, -0.2) is 18.9 Å². The van der Waals surface area contributed by atoms with E-state index >= 15 is 0 Å². The van der Waals surface area contributed by atoms with E-state index in [1.54, 1.807) is 25.1 Å². The minimum Gasteiger partial charge on any atom is -0.495 e. The van der Waals surface area contributed by atoms with Gasteiger partial charge in [0.05, 0.1) is 18.1 Å². The van der Waals surface area contributed by atoms with Crippen molar-refractivity contribution in [3.63, 3.8) is 0 Å². The van der Waals surface area contributed by atoms with Gasteiger partial charge in [0.2, 0.25) is 0 Å². The third kappa shape index (κ3) is 2.23. The number of fused-ring (bicyclic) bond motifs is 4. The van der Waals surface area contributed by atoms with Gasteiger partial charge < -0.3 is 13.9 Å². The number of esters is 1. The first-order chi connectivity index (χ1) is 12.4. The van der Waals surface area contributed by atoms with Gasteiger partial charge in [0.25, 0.3) is 0 Å². The summed E-state index contributed by atoms with van der Waals surface area (Å²) in [5, 5.41) is 1.27. The smallest absolute Gasteiger partial charge is 0.308 e. The fraction of sp³-hybridized carbons (Fsp3) is 0.150. The summed E-state index contributed by atoms with van der Waals surface area (Å²) in [6.07, 6.45) is 3.16. The van der Waals surface area contributed by atoms with Gasteiger partial charge in [0.1, 0.15) is 22.6 Å². The van der Waals surface area contributed by atoms with Crippen LogP contribution in [0, 0.1) is 6.92 Å². The maximum atomic E-state index is 12.6. The third-order valence-electron chi connectivity index (χ3n) is 4.29. The highest BCUT2D eigenvalue weighted by atomic mass is 16.5. The Morgan fingerprint density at radius 3 is 2.54 bits per heavy atom. The maximum Gasteiger partial charge on any atom is 0.308 e. The molecule has 130 valence electrons. The number of benzene rings is 2. The highest BCUT2D eigenvalue weighted by Gasteiger charge is 2.26. The topological polar surface area (TPSA) is 82.8 Å². The van der Waals surface area contributed by atoms with E-state index in [4.69, 9.17) is 13.9 Å². The van der Waals surface area contributed by atoms with Gasteiger partial charge in [-0.2, -0.15) is 0 Å². The first kappa shape index (κ1) is 16.1. The van der Waals surface area contributed by atoms with Crippen molar-refractivity contribution in [3.05, 3.63) is 51.4 Å². The molecule has 6 nitrogen and oxygen atoms in total. The Bertz CT molecular complexity index is 1210. The zero-order chi connectivity index (χ0) is 18.6. The first-order valence-electron chi connectivity index (χ1n) is 7.93. The molecule has 0 fully saturated rings. The Balaban J connectivity index is 2.27. The lowest BCUT2D eigenvalue weighted by Crippen LogP contribution is -2.08. The molecule has 6 heteroatoms. The number of ether oxygens (including phenoxy) is 2. The van der Waals surface area contributed by atoms with E-state index in [-0.39, 0.29) is 27.9 Å². The molecule has 3 aromatic rings. The van der Waals surface area contributed by atoms with Crippen LogP contribution < -0.4 is 14.9 Å². The van der Waals surface area contributed by atoms with Crippen LogP contribution in [0.5, 0.6) is 11.5 Å². The van der Waals surface area contributed by atoms with Crippen LogP contribution in [0.15, 0.2) is 33.5 Å². The molecule has 1 heterocycles. The van der Waals surface area contributed by atoms with Gasteiger partial charge in [-0.25, -0.2) is 0 Å². The molecule has 0 atom stereocenters. The second kappa shape index (κ2) is 5.56. The summed E-state index contributed by atoms with van der Waals surface area (Å²) < 4.78 is 16.6. The summed E-state index contributed by atoms with van der Waals surface area (Å²) in [4.78, 5) is 36.3. The fourth-order valence-electron chi connectivity index (χ4n) is 3.35. The number of ketones is 1. The average Bonchev–Trinajstić information content (AvgIpc) is 2.92. The van der Waals surface area contributed by atoms with Crippen molar-refractivity contribution in [2.75, 3.05) is 7.11 Å². The average molecular weight is 350 g/mol. The summed E-state index contributed by atoms with van der Waals surface area (Å²) in [7, 11) is 1.46. The number of methoxy groups -OCH3 is 1. The van der Waals surface area contributed by atoms with Crippen LogP contribution in [0.4, 0.5) is 0 Å². The summed E-state index contributed by atoms with van der Waals surface area (Å²) in [6, 6.07) is 4.70. The second-order valence-corrected chi connectivity index (χ2v) is 6.06. The number of carbonyl (C=O) groups excluding carboxylic acids is 2. The van der Waals surface area contributed by atoms with Gasteiger partial charge in [-0.05, 0) is 36.1 Å². The molecule has 0 saturated carbocycles. The number of allylic oxidation sites excluding steroid dienone is 1. The lowest BCUT2D eigenvalue weighted by atomic mass is 9.97. The van der Waals surface area contributed by atoms with Crippen molar-refractivity contribution >= 4 is 39.6 Å². The Morgan fingerprint density at radius 1 is 1.08 bits per heavy atom. The Morgan fingerprint density at radius 2 is 1.85 bits per heavy atom.